The molecule has 29 heavy (non-hydrogen) atoms. The van der Waals surface area contributed by atoms with E-state index in [1.165, 1.54) is 13.2 Å². The van der Waals surface area contributed by atoms with Crippen molar-refractivity contribution in [2.24, 2.45) is 0 Å². The minimum Gasteiger partial charge on any atom is -0.495 e. The van der Waals surface area contributed by atoms with Gasteiger partial charge in [-0.3, -0.25) is 4.72 Å². The van der Waals surface area contributed by atoms with E-state index in [-0.39, 0.29) is 10.6 Å². The average Bonchev–Trinajstić information content (AvgIpc) is 2.71. The van der Waals surface area contributed by atoms with Crippen molar-refractivity contribution in [1.29, 1.82) is 0 Å². The first-order valence-electron chi connectivity index (χ1n) is 8.89. The van der Waals surface area contributed by atoms with Gasteiger partial charge in [0.2, 0.25) is 0 Å². The van der Waals surface area contributed by atoms with Gasteiger partial charge in [0.15, 0.2) is 0 Å². The molecule has 0 aliphatic heterocycles. The van der Waals surface area contributed by atoms with Crippen LogP contribution in [-0.4, -0.2) is 38.9 Å². The van der Waals surface area contributed by atoms with Gasteiger partial charge in [-0.15, -0.1) is 0 Å². The smallest absolute Gasteiger partial charge is 0.265 e. The first-order chi connectivity index (χ1) is 14.0. The number of aryl methyl sites for hydroxylation is 1. The van der Waals surface area contributed by atoms with Crippen molar-refractivity contribution >= 4 is 21.4 Å². The summed E-state index contributed by atoms with van der Waals surface area (Å²) in [7, 11) is -2.37. The molecule has 0 spiro atoms. The molecule has 2 N–H and O–H groups in total. The molecule has 152 valence electrons. The standard InChI is InChI=1S/C20H22N4O4S/c1-15-11-17(24-29(25,26)20-6-4-3-5-19(20)27-2)13-18(12-15)28-10-9-21-16-7-8-22-23-14-16/h3-8,11-14,24H,9-10H2,1-2H3,(H,21,22). The number of hydrogen-bond acceptors (Lipinski definition) is 7. The monoisotopic (exact) mass is 414 g/mol. The maximum Gasteiger partial charge on any atom is 0.265 e. The molecule has 0 fully saturated rings. The van der Waals surface area contributed by atoms with E-state index in [4.69, 9.17) is 9.47 Å². The van der Waals surface area contributed by atoms with Crippen LogP contribution in [0.3, 0.4) is 0 Å². The summed E-state index contributed by atoms with van der Waals surface area (Å²) in [5, 5.41) is 10.7. The van der Waals surface area contributed by atoms with Crippen LogP contribution in [0.15, 0.2) is 65.8 Å². The Balaban J connectivity index is 1.67. The van der Waals surface area contributed by atoms with Gasteiger partial charge in [0.25, 0.3) is 10.0 Å². The number of methoxy groups -OCH3 is 1. The Kier molecular flexibility index (Phi) is 6.50. The molecular weight excluding hydrogens is 392 g/mol. The highest BCUT2D eigenvalue weighted by Gasteiger charge is 2.19. The highest BCUT2D eigenvalue weighted by molar-refractivity contribution is 7.92. The van der Waals surface area contributed by atoms with Gasteiger partial charge < -0.3 is 14.8 Å². The molecule has 2 aromatic carbocycles. The van der Waals surface area contributed by atoms with Crippen molar-refractivity contribution in [3.8, 4) is 11.5 Å². The van der Waals surface area contributed by atoms with Crippen molar-refractivity contribution in [3.05, 3.63) is 66.5 Å². The molecule has 0 aliphatic rings. The molecule has 0 saturated carbocycles. The first-order valence-corrected chi connectivity index (χ1v) is 10.4. The lowest BCUT2D eigenvalue weighted by atomic mass is 10.2. The Morgan fingerprint density at radius 3 is 2.62 bits per heavy atom. The van der Waals surface area contributed by atoms with E-state index in [0.717, 1.165) is 11.3 Å². The van der Waals surface area contributed by atoms with E-state index < -0.39 is 10.0 Å². The van der Waals surface area contributed by atoms with E-state index >= 15 is 0 Å². The Hall–Kier alpha value is -3.33. The van der Waals surface area contributed by atoms with Crippen LogP contribution in [0.2, 0.25) is 0 Å². The Morgan fingerprint density at radius 2 is 1.86 bits per heavy atom. The van der Waals surface area contributed by atoms with Crippen LogP contribution in [0.5, 0.6) is 11.5 Å². The number of nitrogens with one attached hydrogen (secondary N) is 2. The van der Waals surface area contributed by atoms with Crippen molar-refractivity contribution in [1.82, 2.24) is 10.2 Å². The van der Waals surface area contributed by atoms with Crippen LogP contribution >= 0.6 is 0 Å². The van der Waals surface area contributed by atoms with Gasteiger partial charge in [-0.1, -0.05) is 12.1 Å². The summed E-state index contributed by atoms with van der Waals surface area (Å²) in [6.07, 6.45) is 3.22. The van der Waals surface area contributed by atoms with Gasteiger partial charge in [-0.05, 0) is 42.8 Å². The molecule has 0 radical (unpaired) electrons. The summed E-state index contributed by atoms with van der Waals surface area (Å²) >= 11 is 0. The Bertz CT molecular complexity index is 1060. The molecule has 0 atom stereocenters. The maximum atomic E-state index is 12.8. The summed E-state index contributed by atoms with van der Waals surface area (Å²) in [5.74, 6) is 0.846. The van der Waals surface area contributed by atoms with Crippen molar-refractivity contribution < 1.29 is 17.9 Å². The molecule has 1 heterocycles. The van der Waals surface area contributed by atoms with Gasteiger partial charge in [0.05, 0.1) is 30.9 Å². The molecule has 0 aliphatic carbocycles. The fraction of sp³-hybridized carbons (Fsp3) is 0.200. The predicted octanol–water partition coefficient (Wildman–Crippen LogP) is 3.09. The summed E-state index contributed by atoms with van der Waals surface area (Å²) in [5.41, 5.74) is 2.13. The highest BCUT2D eigenvalue weighted by Crippen LogP contribution is 2.27. The van der Waals surface area contributed by atoms with Crippen LogP contribution in [0.25, 0.3) is 0 Å². The zero-order valence-corrected chi connectivity index (χ0v) is 16.9. The molecule has 0 bridgehead atoms. The number of benzene rings is 2. The maximum absolute atomic E-state index is 12.8. The largest absolute Gasteiger partial charge is 0.495 e. The third-order valence-corrected chi connectivity index (χ3v) is 5.37. The van der Waals surface area contributed by atoms with Crippen molar-refractivity contribution in [3.63, 3.8) is 0 Å². The van der Waals surface area contributed by atoms with Gasteiger partial charge in [0.1, 0.15) is 23.0 Å². The predicted molar refractivity (Wildman–Crippen MR) is 111 cm³/mol. The third kappa shape index (κ3) is 5.58. The first kappa shape index (κ1) is 20.4. The number of nitrogens with zero attached hydrogens (tertiary/aromatic N) is 2. The second-order valence-electron chi connectivity index (χ2n) is 6.20. The van der Waals surface area contributed by atoms with E-state index in [1.54, 1.807) is 42.7 Å². The average molecular weight is 414 g/mol. The minimum absolute atomic E-state index is 0.0710. The van der Waals surface area contributed by atoms with E-state index in [2.05, 4.69) is 20.2 Å². The molecule has 1 aromatic heterocycles. The Morgan fingerprint density at radius 1 is 1.03 bits per heavy atom. The number of hydrogen-bond donors (Lipinski definition) is 2. The van der Waals surface area contributed by atoms with E-state index in [0.29, 0.717) is 24.6 Å². The van der Waals surface area contributed by atoms with Gasteiger partial charge in [-0.2, -0.15) is 10.2 Å². The van der Waals surface area contributed by atoms with Crippen LogP contribution in [0.1, 0.15) is 5.56 Å². The zero-order valence-electron chi connectivity index (χ0n) is 16.1. The summed E-state index contributed by atoms with van der Waals surface area (Å²) in [6, 6.07) is 13.5. The molecule has 8 nitrogen and oxygen atoms in total. The number of sulfonamides is 1. The van der Waals surface area contributed by atoms with Crippen LogP contribution in [0.4, 0.5) is 11.4 Å². The highest BCUT2D eigenvalue weighted by atomic mass is 32.2. The van der Waals surface area contributed by atoms with E-state index in [1.807, 2.05) is 19.1 Å². The SMILES string of the molecule is COc1ccccc1S(=O)(=O)Nc1cc(C)cc(OCCNc2ccnnc2)c1. The van der Waals surface area contributed by atoms with Crippen LogP contribution in [-0.2, 0) is 10.0 Å². The lowest BCUT2D eigenvalue weighted by Crippen LogP contribution is -2.15. The molecular formula is C20H22N4O4S. The number of anilines is 2. The van der Waals surface area contributed by atoms with Crippen molar-refractivity contribution in [2.45, 2.75) is 11.8 Å². The lowest BCUT2D eigenvalue weighted by molar-refractivity contribution is 0.333. The summed E-state index contributed by atoms with van der Waals surface area (Å²) in [4.78, 5) is 0.0710. The number of para-hydroxylation sites is 1. The third-order valence-electron chi connectivity index (χ3n) is 3.95. The Labute approximate surface area is 170 Å². The van der Waals surface area contributed by atoms with Gasteiger partial charge >= 0.3 is 0 Å². The van der Waals surface area contributed by atoms with Gasteiger partial charge in [-0.25, -0.2) is 8.42 Å². The fourth-order valence-corrected chi connectivity index (χ4v) is 3.91. The second-order valence-corrected chi connectivity index (χ2v) is 7.85. The minimum atomic E-state index is -3.81. The van der Waals surface area contributed by atoms with Gasteiger partial charge in [0, 0.05) is 12.6 Å². The molecule has 0 saturated heterocycles. The zero-order chi connectivity index (χ0) is 20.7. The normalized spacial score (nSPS) is 11.0. The topological polar surface area (TPSA) is 102 Å². The molecule has 3 rings (SSSR count). The quantitative estimate of drug-likeness (QED) is 0.519. The number of rotatable bonds is 9. The number of aromatic nitrogens is 2. The lowest BCUT2D eigenvalue weighted by Gasteiger charge is -2.14. The second kappa shape index (κ2) is 9.24. The summed E-state index contributed by atoms with van der Waals surface area (Å²) in [6.45, 7) is 2.82. The fourth-order valence-electron chi connectivity index (χ4n) is 2.70. The molecule has 3 aromatic rings. The summed E-state index contributed by atoms with van der Waals surface area (Å²) < 4.78 is 39.0. The molecule has 0 amide bonds. The number of ether oxygens (including phenoxy) is 2. The van der Waals surface area contributed by atoms with Crippen LogP contribution < -0.4 is 19.5 Å². The molecule has 9 heteroatoms. The molecule has 0 unspecified atom stereocenters. The van der Waals surface area contributed by atoms with Crippen LogP contribution in [0, 0.1) is 6.92 Å². The van der Waals surface area contributed by atoms with Crippen molar-refractivity contribution in [2.75, 3.05) is 30.3 Å². The van der Waals surface area contributed by atoms with E-state index in [9.17, 15) is 8.42 Å².